The number of likely N-dealkylation sites (N-methyl/N-ethyl adjacent to an activating group) is 1. The highest BCUT2D eigenvalue weighted by Gasteiger charge is 2.06. The molecular formula is C11H14NO. The zero-order valence-electron chi connectivity index (χ0n) is 7.86. The first-order chi connectivity index (χ1) is 6.24. The van der Waals surface area contributed by atoms with Crippen molar-refractivity contribution in [3.63, 3.8) is 0 Å². The van der Waals surface area contributed by atoms with Crippen LogP contribution in [0.3, 0.4) is 0 Å². The van der Waals surface area contributed by atoms with Crippen LogP contribution in [0.2, 0.25) is 0 Å². The monoisotopic (exact) mass is 176 g/mol. The van der Waals surface area contributed by atoms with Gasteiger partial charge in [0.25, 0.3) is 0 Å². The summed E-state index contributed by atoms with van der Waals surface area (Å²) in [4.78, 5) is 13.4. The first-order valence-corrected chi connectivity index (χ1v) is 4.30. The summed E-state index contributed by atoms with van der Waals surface area (Å²) in [5.74, 6) is 0.145. The lowest BCUT2D eigenvalue weighted by Gasteiger charge is -2.11. The van der Waals surface area contributed by atoms with E-state index in [0.29, 0.717) is 13.1 Å². The number of hydrogen-bond donors (Lipinski definition) is 0. The third-order valence-electron chi connectivity index (χ3n) is 1.89. The molecular weight excluding hydrogens is 162 g/mol. The summed E-state index contributed by atoms with van der Waals surface area (Å²) in [7, 11) is 1.88. The summed E-state index contributed by atoms with van der Waals surface area (Å²) >= 11 is 0. The van der Waals surface area contributed by atoms with Gasteiger partial charge in [0.2, 0.25) is 0 Å². The van der Waals surface area contributed by atoms with Gasteiger partial charge in [0.1, 0.15) is 0 Å². The molecule has 0 atom stereocenters. The Kier molecular flexibility index (Phi) is 3.65. The third kappa shape index (κ3) is 2.99. The Hall–Kier alpha value is -1.15. The van der Waals surface area contributed by atoms with Crippen LogP contribution < -0.4 is 0 Å². The zero-order valence-corrected chi connectivity index (χ0v) is 7.86. The molecule has 0 aliphatic rings. The summed E-state index contributed by atoms with van der Waals surface area (Å²) in [6, 6.07) is 9.31. The van der Waals surface area contributed by atoms with E-state index in [1.807, 2.05) is 42.3 Å². The molecule has 0 N–H and O–H groups in total. The fourth-order valence-electron chi connectivity index (χ4n) is 1.04. The standard InChI is InChI=1S/C11H14NO/c1-3-12(2)9-11(13)10-7-5-4-6-8-10/h4-8H,1,3,9H2,2H3. The van der Waals surface area contributed by atoms with Gasteiger partial charge in [-0.3, -0.25) is 9.69 Å². The quantitative estimate of drug-likeness (QED) is 0.650. The normalized spacial score (nSPS) is 10.4. The minimum absolute atomic E-state index is 0.145. The van der Waals surface area contributed by atoms with Crippen LogP contribution in [0.1, 0.15) is 10.4 Å². The fourth-order valence-corrected chi connectivity index (χ4v) is 1.04. The van der Waals surface area contributed by atoms with Crippen LogP contribution >= 0.6 is 0 Å². The van der Waals surface area contributed by atoms with Gasteiger partial charge in [-0.25, -0.2) is 0 Å². The van der Waals surface area contributed by atoms with Gasteiger partial charge in [-0.1, -0.05) is 30.3 Å². The Balaban J connectivity index is 2.59. The second-order valence-corrected chi connectivity index (χ2v) is 3.03. The number of carbonyl (C=O) groups excluding carboxylic acids is 1. The molecule has 1 radical (unpaired) electrons. The molecule has 0 saturated heterocycles. The van der Waals surface area contributed by atoms with Gasteiger partial charge in [-0.2, -0.15) is 0 Å². The molecule has 1 aromatic carbocycles. The van der Waals surface area contributed by atoms with Crippen molar-refractivity contribution in [2.45, 2.75) is 0 Å². The predicted molar refractivity (Wildman–Crippen MR) is 53.6 cm³/mol. The number of nitrogens with zero attached hydrogens (tertiary/aromatic N) is 1. The number of hydrogen-bond acceptors (Lipinski definition) is 2. The lowest BCUT2D eigenvalue weighted by molar-refractivity contribution is 0.0951. The largest absolute Gasteiger partial charge is 0.299 e. The predicted octanol–water partition coefficient (Wildman–Crippen LogP) is 1.64. The average molecular weight is 176 g/mol. The molecule has 69 valence electrons. The van der Waals surface area contributed by atoms with Crippen LogP contribution in [-0.4, -0.2) is 30.8 Å². The molecule has 0 bridgehead atoms. The van der Waals surface area contributed by atoms with E-state index in [2.05, 4.69) is 6.92 Å². The minimum atomic E-state index is 0.145. The second kappa shape index (κ2) is 4.77. The number of benzene rings is 1. The highest BCUT2D eigenvalue weighted by molar-refractivity contribution is 5.97. The van der Waals surface area contributed by atoms with Gasteiger partial charge in [0.05, 0.1) is 6.54 Å². The van der Waals surface area contributed by atoms with Crippen LogP contribution in [0.5, 0.6) is 0 Å². The summed E-state index contributed by atoms with van der Waals surface area (Å²) in [6.45, 7) is 4.80. The minimum Gasteiger partial charge on any atom is -0.299 e. The van der Waals surface area contributed by atoms with Crippen molar-refractivity contribution >= 4 is 5.78 Å². The van der Waals surface area contributed by atoms with E-state index in [1.54, 1.807) is 0 Å². The van der Waals surface area contributed by atoms with E-state index in [9.17, 15) is 4.79 Å². The molecule has 0 saturated carbocycles. The molecule has 0 aliphatic heterocycles. The molecule has 2 nitrogen and oxygen atoms in total. The number of Topliss-reactive ketones (excluding diaryl/α,β-unsaturated/α-hetero) is 1. The molecule has 0 unspecified atom stereocenters. The highest BCUT2D eigenvalue weighted by Crippen LogP contribution is 2.00. The Labute approximate surface area is 79.2 Å². The smallest absolute Gasteiger partial charge is 0.176 e. The highest BCUT2D eigenvalue weighted by atomic mass is 16.1. The van der Waals surface area contributed by atoms with Gasteiger partial charge >= 0.3 is 0 Å². The van der Waals surface area contributed by atoms with E-state index < -0.39 is 0 Å². The maximum atomic E-state index is 11.5. The van der Waals surface area contributed by atoms with Crippen LogP contribution in [-0.2, 0) is 0 Å². The lowest BCUT2D eigenvalue weighted by Crippen LogP contribution is -2.25. The molecule has 0 aliphatic carbocycles. The van der Waals surface area contributed by atoms with Gasteiger partial charge < -0.3 is 0 Å². The maximum absolute atomic E-state index is 11.5. The van der Waals surface area contributed by atoms with Crippen molar-refractivity contribution in [1.82, 2.24) is 4.90 Å². The molecule has 1 rings (SSSR count). The Morgan fingerprint density at radius 3 is 2.54 bits per heavy atom. The van der Waals surface area contributed by atoms with Crippen LogP contribution in [0.4, 0.5) is 0 Å². The molecule has 0 spiro atoms. The molecule has 0 amide bonds. The van der Waals surface area contributed by atoms with E-state index in [0.717, 1.165) is 5.56 Å². The molecule has 13 heavy (non-hydrogen) atoms. The fraction of sp³-hybridized carbons (Fsp3) is 0.273. The van der Waals surface area contributed by atoms with Gasteiger partial charge in [-0.05, 0) is 20.5 Å². The van der Waals surface area contributed by atoms with Crippen molar-refractivity contribution in [3.05, 3.63) is 42.8 Å². The lowest BCUT2D eigenvalue weighted by atomic mass is 10.1. The SMILES string of the molecule is [CH2]CN(C)CC(=O)c1ccccc1. The van der Waals surface area contributed by atoms with Gasteiger partial charge in [0, 0.05) is 5.56 Å². The van der Waals surface area contributed by atoms with Crippen molar-refractivity contribution in [2.24, 2.45) is 0 Å². The number of ketones is 1. The summed E-state index contributed by atoms with van der Waals surface area (Å²) in [5, 5.41) is 0. The first-order valence-electron chi connectivity index (χ1n) is 4.30. The van der Waals surface area contributed by atoms with Crippen LogP contribution in [0, 0.1) is 6.92 Å². The van der Waals surface area contributed by atoms with E-state index in [1.165, 1.54) is 0 Å². The van der Waals surface area contributed by atoms with Crippen molar-refractivity contribution in [3.8, 4) is 0 Å². The molecule has 2 heteroatoms. The average Bonchev–Trinajstić information content (AvgIpc) is 2.19. The van der Waals surface area contributed by atoms with E-state index >= 15 is 0 Å². The maximum Gasteiger partial charge on any atom is 0.176 e. The third-order valence-corrected chi connectivity index (χ3v) is 1.89. The topological polar surface area (TPSA) is 20.3 Å². The Morgan fingerprint density at radius 2 is 2.00 bits per heavy atom. The summed E-state index contributed by atoms with van der Waals surface area (Å²) < 4.78 is 0. The summed E-state index contributed by atoms with van der Waals surface area (Å²) in [5.41, 5.74) is 0.766. The first kappa shape index (κ1) is 9.93. The molecule has 0 aromatic heterocycles. The molecule has 1 aromatic rings. The van der Waals surface area contributed by atoms with Crippen molar-refractivity contribution in [2.75, 3.05) is 20.1 Å². The molecule has 0 fully saturated rings. The molecule has 0 heterocycles. The van der Waals surface area contributed by atoms with Gasteiger partial charge in [0.15, 0.2) is 5.78 Å². The second-order valence-electron chi connectivity index (χ2n) is 3.03. The van der Waals surface area contributed by atoms with Crippen molar-refractivity contribution in [1.29, 1.82) is 0 Å². The Bertz CT molecular complexity index is 269. The van der Waals surface area contributed by atoms with E-state index in [4.69, 9.17) is 0 Å². The van der Waals surface area contributed by atoms with Crippen LogP contribution in [0.25, 0.3) is 0 Å². The van der Waals surface area contributed by atoms with E-state index in [-0.39, 0.29) is 5.78 Å². The number of carbonyl (C=O) groups is 1. The summed E-state index contributed by atoms with van der Waals surface area (Å²) in [6.07, 6.45) is 0. The van der Waals surface area contributed by atoms with Gasteiger partial charge in [-0.15, -0.1) is 0 Å². The Morgan fingerprint density at radius 1 is 1.38 bits per heavy atom. The van der Waals surface area contributed by atoms with Crippen molar-refractivity contribution < 1.29 is 4.79 Å². The van der Waals surface area contributed by atoms with Crippen LogP contribution in [0.15, 0.2) is 30.3 Å². The zero-order chi connectivity index (χ0) is 9.68. The number of rotatable bonds is 4.